The number of para-hydroxylation sites is 1. The van der Waals surface area contributed by atoms with Gasteiger partial charge in [0.15, 0.2) is 5.75 Å². The first kappa shape index (κ1) is 29.4. The summed E-state index contributed by atoms with van der Waals surface area (Å²) in [6, 6.07) is 12.6. The lowest BCUT2D eigenvalue weighted by atomic mass is 9.83. The van der Waals surface area contributed by atoms with Crippen molar-refractivity contribution in [1.29, 1.82) is 0 Å². The molecule has 3 fully saturated rings. The number of hydrogen-bond acceptors (Lipinski definition) is 7. The Morgan fingerprint density at radius 3 is 2.41 bits per heavy atom. The Balaban J connectivity index is 1.15. The Labute approximate surface area is 261 Å². The minimum absolute atomic E-state index is 0.0228. The van der Waals surface area contributed by atoms with Crippen molar-refractivity contribution in [3.8, 4) is 5.75 Å². The van der Waals surface area contributed by atoms with Crippen LogP contribution in [-0.2, 0) is 4.79 Å². The molecule has 3 heterocycles. The molecule has 9 nitrogen and oxygen atoms in total. The molecule has 1 spiro atoms. The zero-order valence-corrected chi connectivity index (χ0v) is 26.4. The fraction of sp³-hybridized carbons (Fsp3) is 0.600. The average molecular weight is 601 g/mol. The Kier molecular flexibility index (Phi) is 8.18. The molecular weight excluding hydrogens is 552 g/mol. The van der Waals surface area contributed by atoms with Crippen molar-refractivity contribution in [3.63, 3.8) is 0 Å². The van der Waals surface area contributed by atoms with Gasteiger partial charge in [0.25, 0.3) is 0 Å². The van der Waals surface area contributed by atoms with Gasteiger partial charge in [-0.25, -0.2) is 9.80 Å². The molecule has 1 unspecified atom stereocenters. The number of nitrogens with zero attached hydrogens (tertiary/aromatic N) is 3. The van der Waals surface area contributed by atoms with E-state index in [0.29, 0.717) is 24.3 Å². The number of carbonyl (C=O) groups excluding carboxylic acids is 2. The van der Waals surface area contributed by atoms with Crippen molar-refractivity contribution in [2.75, 3.05) is 46.6 Å². The van der Waals surface area contributed by atoms with Crippen LogP contribution in [0.15, 0.2) is 36.4 Å². The summed E-state index contributed by atoms with van der Waals surface area (Å²) in [7, 11) is 0. The number of rotatable bonds is 3. The van der Waals surface area contributed by atoms with E-state index in [1.807, 2.05) is 30.0 Å². The summed E-state index contributed by atoms with van der Waals surface area (Å²) in [5.74, 6) is 0.856. The molecule has 3 N–H and O–H groups in total. The number of fused-ring (bicyclic) bond motifs is 2. The summed E-state index contributed by atoms with van der Waals surface area (Å²) in [4.78, 5) is 30.4. The number of benzene rings is 2. The van der Waals surface area contributed by atoms with Gasteiger partial charge in [-0.15, -0.1) is 0 Å². The molecule has 2 aromatic carbocycles. The highest BCUT2D eigenvalue weighted by Crippen LogP contribution is 2.44. The first-order chi connectivity index (χ1) is 21.4. The highest BCUT2D eigenvalue weighted by molar-refractivity contribution is 6.03. The van der Waals surface area contributed by atoms with Gasteiger partial charge in [0, 0.05) is 45.1 Å². The Morgan fingerprint density at radius 2 is 1.68 bits per heavy atom. The maximum absolute atomic E-state index is 14.1. The third-order valence-corrected chi connectivity index (χ3v) is 10.5. The van der Waals surface area contributed by atoms with Crippen LogP contribution in [0.4, 0.5) is 27.5 Å². The number of nitrogens with one attached hydrogen (secondary N) is 3. The van der Waals surface area contributed by atoms with Crippen LogP contribution in [0.5, 0.6) is 5.75 Å². The van der Waals surface area contributed by atoms with E-state index < -0.39 is 6.09 Å². The third-order valence-electron chi connectivity index (χ3n) is 10.5. The second-order valence-corrected chi connectivity index (χ2v) is 13.8. The molecule has 9 heteroatoms. The van der Waals surface area contributed by atoms with E-state index in [0.717, 1.165) is 55.2 Å². The smallest absolute Gasteiger partial charge is 0.408 e. The fourth-order valence-electron chi connectivity index (χ4n) is 7.88. The Bertz CT molecular complexity index is 1380. The topological polar surface area (TPSA) is 89.2 Å². The van der Waals surface area contributed by atoms with Gasteiger partial charge in [-0.1, -0.05) is 57.1 Å². The third kappa shape index (κ3) is 5.88. The van der Waals surface area contributed by atoms with Crippen molar-refractivity contribution >= 4 is 34.7 Å². The summed E-state index contributed by atoms with van der Waals surface area (Å²) < 4.78 is 6.27. The predicted molar refractivity (Wildman–Crippen MR) is 176 cm³/mol. The lowest BCUT2D eigenvalue weighted by Crippen LogP contribution is -2.52. The van der Waals surface area contributed by atoms with Crippen molar-refractivity contribution in [1.82, 2.24) is 10.4 Å². The van der Waals surface area contributed by atoms with Gasteiger partial charge in [0.05, 0.1) is 28.6 Å². The lowest BCUT2D eigenvalue weighted by Gasteiger charge is -2.42. The number of amides is 2. The molecule has 2 amide bonds. The number of ether oxygens (including phenoxy) is 1. The average Bonchev–Trinajstić information content (AvgIpc) is 3.76. The molecule has 0 aromatic heterocycles. The Hall–Kier alpha value is -3.30. The summed E-state index contributed by atoms with van der Waals surface area (Å²) in [5.41, 5.74) is 8.06. The predicted octanol–water partition coefficient (Wildman–Crippen LogP) is 6.61. The van der Waals surface area contributed by atoms with Crippen molar-refractivity contribution in [3.05, 3.63) is 42.0 Å². The van der Waals surface area contributed by atoms with Gasteiger partial charge in [0.1, 0.15) is 5.69 Å². The van der Waals surface area contributed by atoms with Crippen LogP contribution in [-0.4, -0.2) is 60.8 Å². The maximum Gasteiger partial charge on any atom is 0.419 e. The van der Waals surface area contributed by atoms with E-state index in [2.05, 4.69) is 39.3 Å². The second kappa shape index (κ2) is 12.2. The standard InChI is InChI=1S/C35H48N6O3/c1-24-21-39(31-19-26(13-16-30(31)41(24)25(2)42)27-20-37-40(22-27)28-14-15-28)34(43)44-32-12-10-11-29-33(32)38-35(23-36-29)17-8-6-4-3-5-7-9-18-35/h10-13,16,19,24,27-28,36-38H,3-9,14-15,17-18,20-23H2,1-2H3/t24-,27?/m0/s1. The molecule has 2 aliphatic carbocycles. The second-order valence-electron chi connectivity index (χ2n) is 13.8. The van der Waals surface area contributed by atoms with E-state index in [-0.39, 0.29) is 17.5 Å². The van der Waals surface area contributed by atoms with Crippen LogP contribution in [0.1, 0.15) is 96.0 Å². The van der Waals surface area contributed by atoms with E-state index in [9.17, 15) is 9.59 Å². The van der Waals surface area contributed by atoms with E-state index in [1.165, 1.54) is 63.4 Å². The normalized spacial score (nSPS) is 25.4. The molecule has 2 saturated carbocycles. The molecule has 3 aliphatic heterocycles. The quantitative estimate of drug-likeness (QED) is 0.365. The first-order valence-corrected chi connectivity index (χ1v) is 17.0. The number of hydrazine groups is 1. The maximum atomic E-state index is 14.1. The molecule has 0 bridgehead atoms. The number of carbonyl (C=O) groups is 2. The van der Waals surface area contributed by atoms with Crippen LogP contribution in [0, 0.1) is 0 Å². The van der Waals surface area contributed by atoms with Gasteiger partial charge in [-0.3, -0.25) is 15.1 Å². The zero-order valence-electron chi connectivity index (χ0n) is 26.4. The SMILES string of the molecule is CC(=O)N1c2ccc(C3CNN(C4CC4)C3)cc2N(C(=O)Oc2cccc3c2NC2(CCCCCCCCC2)CN3)C[C@@H]1C. The highest BCUT2D eigenvalue weighted by atomic mass is 16.6. The fourth-order valence-corrected chi connectivity index (χ4v) is 7.88. The first-order valence-electron chi connectivity index (χ1n) is 17.0. The van der Waals surface area contributed by atoms with Crippen LogP contribution < -0.4 is 30.6 Å². The van der Waals surface area contributed by atoms with Crippen molar-refractivity contribution in [2.45, 2.75) is 108 Å². The highest BCUT2D eigenvalue weighted by Gasteiger charge is 2.39. The number of hydrogen-bond donors (Lipinski definition) is 3. The molecule has 2 aromatic rings. The van der Waals surface area contributed by atoms with Gasteiger partial charge in [-0.2, -0.15) is 0 Å². The molecule has 5 aliphatic rings. The van der Waals surface area contributed by atoms with Crippen LogP contribution in [0.2, 0.25) is 0 Å². The van der Waals surface area contributed by atoms with Gasteiger partial charge in [-0.05, 0) is 62.4 Å². The minimum atomic E-state index is -0.414. The van der Waals surface area contributed by atoms with Crippen LogP contribution in [0.25, 0.3) is 0 Å². The zero-order chi connectivity index (χ0) is 30.3. The molecule has 7 rings (SSSR count). The van der Waals surface area contributed by atoms with Gasteiger partial charge >= 0.3 is 6.09 Å². The molecule has 2 atom stereocenters. The van der Waals surface area contributed by atoms with E-state index in [1.54, 1.807) is 11.8 Å². The van der Waals surface area contributed by atoms with Crippen molar-refractivity contribution in [2.24, 2.45) is 0 Å². The summed E-state index contributed by atoms with van der Waals surface area (Å²) in [6.07, 6.45) is 13.2. The monoisotopic (exact) mass is 600 g/mol. The molecule has 236 valence electrons. The van der Waals surface area contributed by atoms with E-state index in [4.69, 9.17) is 4.74 Å². The van der Waals surface area contributed by atoms with Crippen LogP contribution in [0.3, 0.4) is 0 Å². The molecule has 0 radical (unpaired) electrons. The van der Waals surface area contributed by atoms with Crippen LogP contribution >= 0.6 is 0 Å². The minimum Gasteiger partial charge on any atom is -0.408 e. The van der Waals surface area contributed by atoms with Gasteiger partial charge < -0.3 is 20.3 Å². The van der Waals surface area contributed by atoms with E-state index >= 15 is 0 Å². The Morgan fingerprint density at radius 1 is 0.932 bits per heavy atom. The summed E-state index contributed by atoms with van der Waals surface area (Å²) in [5, 5.41) is 9.94. The van der Waals surface area contributed by atoms with Crippen molar-refractivity contribution < 1.29 is 14.3 Å². The molecular formula is C35H48N6O3. The largest absolute Gasteiger partial charge is 0.419 e. The number of anilines is 4. The summed E-state index contributed by atoms with van der Waals surface area (Å²) in [6.45, 7) is 6.68. The molecule has 44 heavy (non-hydrogen) atoms. The van der Waals surface area contributed by atoms with Gasteiger partial charge in [0.2, 0.25) is 5.91 Å². The molecule has 1 saturated heterocycles. The lowest BCUT2D eigenvalue weighted by molar-refractivity contribution is -0.117. The summed E-state index contributed by atoms with van der Waals surface area (Å²) >= 11 is 0.